The lowest BCUT2D eigenvalue weighted by molar-refractivity contribution is -0.117. The van der Waals surface area contributed by atoms with E-state index in [0.717, 1.165) is 5.01 Å². The topological polar surface area (TPSA) is 56.0 Å². The van der Waals surface area contributed by atoms with Gasteiger partial charge in [-0.1, -0.05) is 13.8 Å². The van der Waals surface area contributed by atoms with Gasteiger partial charge in [-0.05, 0) is 5.92 Å². The highest BCUT2D eigenvalue weighted by Crippen LogP contribution is 2.21. The van der Waals surface area contributed by atoms with Crippen LogP contribution >= 0.6 is 11.3 Å². The fraction of sp³-hybridized carbons (Fsp3) is 0.500. The van der Waals surface area contributed by atoms with Gasteiger partial charge in [0.2, 0.25) is 5.91 Å². The number of carbonyl (C=O) groups excluding carboxylic acids is 1. The lowest BCUT2D eigenvalue weighted by atomic mass is 10.2. The monoisotopic (exact) mass is 184 g/mol. The molecule has 3 nitrogen and oxygen atoms in total. The first-order valence-electron chi connectivity index (χ1n) is 3.82. The van der Waals surface area contributed by atoms with Crippen molar-refractivity contribution in [1.82, 2.24) is 4.98 Å². The van der Waals surface area contributed by atoms with Gasteiger partial charge in [0.1, 0.15) is 5.01 Å². The second-order valence-electron chi connectivity index (χ2n) is 2.95. The normalized spacial score (nSPS) is 10.6. The number of thiazole rings is 1. The van der Waals surface area contributed by atoms with Crippen molar-refractivity contribution in [2.45, 2.75) is 26.2 Å². The number of primary amides is 1. The van der Waals surface area contributed by atoms with E-state index in [0.29, 0.717) is 5.92 Å². The van der Waals surface area contributed by atoms with Crippen LogP contribution in [0.2, 0.25) is 0 Å². The molecule has 0 fully saturated rings. The van der Waals surface area contributed by atoms with Gasteiger partial charge in [-0.3, -0.25) is 4.79 Å². The van der Waals surface area contributed by atoms with Gasteiger partial charge < -0.3 is 5.73 Å². The molecular formula is C8H12N2OS. The number of hydrogen-bond donors (Lipinski definition) is 1. The summed E-state index contributed by atoms with van der Waals surface area (Å²) in [4.78, 5) is 15.8. The Bertz CT molecular complexity index is 280. The number of nitrogens with two attached hydrogens (primary N) is 1. The molecular weight excluding hydrogens is 172 g/mol. The Morgan fingerprint density at radius 1 is 1.75 bits per heavy atom. The Labute approximate surface area is 75.6 Å². The lowest BCUT2D eigenvalue weighted by Crippen LogP contribution is -2.13. The second kappa shape index (κ2) is 3.67. The summed E-state index contributed by atoms with van der Waals surface area (Å²) in [7, 11) is 0. The molecule has 0 saturated heterocycles. The predicted octanol–water partition coefficient (Wildman–Crippen LogP) is 1.29. The first-order chi connectivity index (χ1) is 5.59. The largest absolute Gasteiger partial charge is 0.369 e. The van der Waals surface area contributed by atoms with E-state index in [1.807, 2.05) is 6.20 Å². The van der Waals surface area contributed by atoms with Crippen molar-refractivity contribution in [3.8, 4) is 0 Å². The summed E-state index contributed by atoms with van der Waals surface area (Å²) >= 11 is 1.56. The fourth-order valence-corrected chi connectivity index (χ4v) is 1.76. The third-order valence-corrected chi connectivity index (χ3v) is 2.76. The summed E-state index contributed by atoms with van der Waals surface area (Å²) in [6, 6.07) is 0. The Morgan fingerprint density at radius 3 is 2.83 bits per heavy atom. The SMILES string of the molecule is CC(C)c1cnc(CC(N)=O)s1. The quantitative estimate of drug-likeness (QED) is 0.769. The molecule has 0 spiro atoms. The average Bonchev–Trinajstić information content (AvgIpc) is 2.34. The van der Waals surface area contributed by atoms with Crippen LogP contribution in [0.15, 0.2) is 6.20 Å². The van der Waals surface area contributed by atoms with Gasteiger partial charge >= 0.3 is 0 Å². The van der Waals surface area contributed by atoms with Gasteiger partial charge in [0.15, 0.2) is 0 Å². The predicted molar refractivity (Wildman–Crippen MR) is 49.1 cm³/mol. The van der Waals surface area contributed by atoms with Gasteiger partial charge in [-0.25, -0.2) is 4.98 Å². The second-order valence-corrected chi connectivity index (χ2v) is 4.10. The molecule has 1 heterocycles. The van der Waals surface area contributed by atoms with Gasteiger partial charge in [-0.15, -0.1) is 11.3 Å². The van der Waals surface area contributed by atoms with E-state index in [1.54, 1.807) is 11.3 Å². The van der Waals surface area contributed by atoms with E-state index in [-0.39, 0.29) is 12.3 Å². The summed E-state index contributed by atoms with van der Waals surface area (Å²) < 4.78 is 0. The minimum atomic E-state index is -0.320. The van der Waals surface area contributed by atoms with E-state index >= 15 is 0 Å². The molecule has 0 aliphatic rings. The highest BCUT2D eigenvalue weighted by Gasteiger charge is 2.06. The molecule has 66 valence electrons. The maximum Gasteiger partial charge on any atom is 0.224 e. The highest BCUT2D eigenvalue weighted by atomic mass is 32.1. The standard InChI is InChI=1S/C8H12N2OS/c1-5(2)6-4-10-8(12-6)3-7(9)11/h4-5H,3H2,1-2H3,(H2,9,11). The summed E-state index contributed by atoms with van der Waals surface area (Å²) in [6.07, 6.45) is 2.07. The molecule has 12 heavy (non-hydrogen) atoms. The van der Waals surface area contributed by atoms with Crippen LogP contribution in [0.5, 0.6) is 0 Å². The van der Waals surface area contributed by atoms with Crippen LogP contribution in [-0.4, -0.2) is 10.9 Å². The molecule has 0 aliphatic carbocycles. The number of nitrogens with zero attached hydrogens (tertiary/aromatic N) is 1. The third kappa shape index (κ3) is 2.30. The number of amides is 1. The van der Waals surface area contributed by atoms with Crippen molar-refractivity contribution in [3.05, 3.63) is 16.1 Å². The lowest BCUT2D eigenvalue weighted by Gasteiger charge is -1.95. The summed E-state index contributed by atoms with van der Waals surface area (Å²) in [5.41, 5.74) is 5.04. The molecule has 0 aliphatic heterocycles. The van der Waals surface area contributed by atoms with Crippen LogP contribution in [0, 0.1) is 0 Å². The molecule has 4 heteroatoms. The zero-order chi connectivity index (χ0) is 9.14. The van der Waals surface area contributed by atoms with E-state index in [1.165, 1.54) is 4.88 Å². The van der Waals surface area contributed by atoms with Crippen LogP contribution < -0.4 is 5.73 Å². The zero-order valence-electron chi connectivity index (χ0n) is 7.20. The van der Waals surface area contributed by atoms with Crippen molar-refractivity contribution in [2.24, 2.45) is 5.73 Å². The molecule has 0 saturated carbocycles. The van der Waals surface area contributed by atoms with Crippen LogP contribution in [0.1, 0.15) is 29.7 Å². The van der Waals surface area contributed by atoms with Crippen molar-refractivity contribution < 1.29 is 4.79 Å². The van der Waals surface area contributed by atoms with Gasteiger partial charge in [0, 0.05) is 11.1 Å². The first-order valence-corrected chi connectivity index (χ1v) is 4.64. The van der Waals surface area contributed by atoms with Crippen molar-refractivity contribution in [2.75, 3.05) is 0 Å². The maximum atomic E-state index is 10.5. The summed E-state index contributed by atoms with van der Waals surface area (Å²) in [5.74, 6) is 0.156. The van der Waals surface area contributed by atoms with Crippen LogP contribution in [-0.2, 0) is 11.2 Å². The van der Waals surface area contributed by atoms with Crippen LogP contribution in [0.4, 0.5) is 0 Å². The summed E-state index contributed by atoms with van der Waals surface area (Å²) in [6.45, 7) is 4.20. The minimum absolute atomic E-state index is 0.261. The van der Waals surface area contributed by atoms with Crippen LogP contribution in [0.25, 0.3) is 0 Å². The van der Waals surface area contributed by atoms with E-state index in [9.17, 15) is 4.79 Å². The van der Waals surface area contributed by atoms with E-state index in [4.69, 9.17) is 5.73 Å². The molecule has 1 aromatic heterocycles. The highest BCUT2D eigenvalue weighted by molar-refractivity contribution is 7.11. The van der Waals surface area contributed by atoms with Crippen molar-refractivity contribution in [1.29, 1.82) is 0 Å². The maximum absolute atomic E-state index is 10.5. The van der Waals surface area contributed by atoms with Crippen molar-refractivity contribution in [3.63, 3.8) is 0 Å². The Balaban J connectivity index is 2.70. The van der Waals surface area contributed by atoms with Gasteiger partial charge in [0.05, 0.1) is 6.42 Å². The van der Waals surface area contributed by atoms with Crippen molar-refractivity contribution >= 4 is 17.2 Å². The molecule has 1 amide bonds. The number of hydrogen-bond acceptors (Lipinski definition) is 3. The molecule has 2 N–H and O–H groups in total. The summed E-state index contributed by atoms with van der Waals surface area (Å²) in [5, 5.41) is 0.811. The Hall–Kier alpha value is -0.900. The molecule has 0 aromatic carbocycles. The minimum Gasteiger partial charge on any atom is -0.369 e. The molecule has 1 rings (SSSR count). The number of aromatic nitrogens is 1. The number of rotatable bonds is 3. The first kappa shape index (κ1) is 9.19. The van der Waals surface area contributed by atoms with E-state index < -0.39 is 0 Å². The molecule has 0 radical (unpaired) electrons. The van der Waals surface area contributed by atoms with Crippen LogP contribution in [0.3, 0.4) is 0 Å². The molecule has 0 bridgehead atoms. The zero-order valence-corrected chi connectivity index (χ0v) is 8.02. The Morgan fingerprint density at radius 2 is 2.42 bits per heavy atom. The average molecular weight is 184 g/mol. The van der Waals surface area contributed by atoms with Gasteiger partial charge in [0.25, 0.3) is 0 Å². The number of carbonyl (C=O) groups is 1. The smallest absolute Gasteiger partial charge is 0.224 e. The van der Waals surface area contributed by atoms with Gasteiger partial charge in [-0.2, -0.15) is 0 Å². The third-order valence-electron chi connectivity index (χ3n) is 1.47. The molecule has 0 atom stereocenters. The fourth-order valence-electron chi connectivity index (χ4n) is 0.822. The Kier molecular flexibility index (Phi) is 2.81. The molecule has 0 unspecified atom stereocenters. The molecule has 1 aromatic rings. The van der Waals surface area contributed by atoms with E-state index in [2.05, 4.69) is 18.8 Å².